The maximum absolute atomic E-state index is 6.10. The number of anilines is 2. The molecule has 0 unspecified atom stereocenters. The van der Waals surface area contributed by atoms with Crippen LogP contribution in [0.5, 0.6) is 0 Å². The zero-order valence-corrected chi connectivity index (χ0v) is 11.7. The van der Waals surface area contributed by atoms with E-state index in [0.29, 0.717) is 21.7 Å². The predicted octanol–water partition coefficient (Wildman–Crippen LogP) is 1.67. The van der Waals surface area contributed by atoms with Gasteiger partial charge in [0.05, 0.1) is 10.0 Å². The highest BCUT2D eigenvalue weighted by atomic mass is 35.5. The topological polar surface area (TPSA) is 57.4 Å². The summed E-state index contributed by atoms with van der Waals surface area (Å²) >= 11 is 12.0. The van der Waals surface area contributed by atoms with Crippen LogP contribution in [-0.4, -0.2) is 44.1 Å². The lowest BCUT2D eigenvalue weighted by molar-refractivity contribution is 0.416. The average Bonchev–Trinajstić information content (AvgIpc) is 2.26. The Morgan fingerprint density at radius 1 is 1.24 bits per heavy atom. The van der Waals surface area contributed by atoms with Crippen LogP contribution in [0.2, 0.25) is 10.0 Å². The molecule has 0 bridgehead atoms. The van der Waals surface area contributed by atoms with Crippen LogP contribution in [-0.2, 0) is 0 Å². The molecule has 17 heavy (non-hydrogen) atoms. The number of nitrogen functional groups attached to an aromatic ring is 1. The molecule has 7 heteroatoms. The number of likely N-dealkylation sites (N-methyl/N-ethyl adjacent to an activating group) is 2. The third kappa shape index (κ3) is 3.89. The van der Waals surface area contributed by atoms with Crippen LogP contribution in [0, 0.1) is 0 Å². The van der Waals surface area contributed by atoms with Gasteiger partial charge in [0.25, 0.3) is 0 Å². The van der Waals surface area contributed by atoms with Gasteiger partial charge in [-0.2, -0.15) is 0 Å². The second kappa shape index (κ2) is 6.26. The van der Waals surface area contributed by atoms with Gasteiger partial charge in [-0.15, -0.1) is 0 Å². The molecule has 0 saturated carbocycles. The van der Waals surface area contributed by atoms with Gasteiger partial charge in [-0.25, -0.2) is 10.8 Å². The van der Waals surface area contributed by atoms with Crippen molar-refractivity contribution in [2.45, 2.75) is 0 Å². The summed E-state index contributed by atoms with van der Waals surface area (Å²) in [5.41, 5.74) is 2.44. The van der Waals surface area contributed by atoms with Crippen LogP contribution in [0.15, 0.2) is 6.07 Å². The van der Waals surface area contributed by atoms with E-state index in [4.69, 9.17) is 29.0 Å². The molecule has 1 rings (SSSR count). The maximum Gasteiger partial charge on any atom is 0.161 e. The number of aromatic nitrogens is 1. The summed E-state index contributed by atoms with van der Waals surface area (Å²) in [4.78, 5) is 8.32. The van der Waals surface area contributed by atoms with Crippen molar-refractivity contribution in [3.05, 3.63) is 16.1 Å². The van der Waals surface area contributed by atoms with Crippen LogP contribution in [0.4, 0.5) is 11.6 Å². The highest BCUT2D eigenvalue weighted by molar-refractivity contribution is 6.37. The molecule has 0 saturated heterocycles. The van der Waals surface area contributed by atoms with E-state index in [-0.39, 0.29) is 0 Å². The van der Waals surface area contributed by atoms with Gasteiger partial charge in [-0.3, -0.25) is 0 Å². The van der Waals surface area contributed by atoms with Gasteiger partial charge in [0.1, 0.15) is 5.82 Å². The van der Waals surface area contributed by atoms with Gasteiger partial charge in [0.15, 0.2) is 5.82 Å². The number of hydrogen-bond acceptors (Lipinski definition) is 5. The Labute approximate surface area is 111 Å². The lowest BCUT2D eigenvalue weighted by Gasteiger charge is -2.22. The second-order valence-corrected chi connectivity index (χ2v) is 4.81. The van der Waals surface area contributed by atoms with Crippen molar-refractivity contribution in [3.63, 3.8) is 0 Å². The summed E-state index contributed by atoms with van der Waals surface area (Å²) in [7, 11) is 5.95. The molecular formula is C10H17Cl2N5. The van der Waals surface area contributed by atoms with Crippen molar-refractivity contribution in [2.75, 3.05) is 44.6 Å². The molecule has 0 aromatic carbocycles. The van der Waals surface area contributed by atoms with Crippen molar-refractivity contribution in [1.29, 1.82) is 0 Å². The quantitative estimate of drug-likeness (QED) is 0.634. The Bertz CT molecular complexity index is 383. The van der Waals surface area contributed by atoms with E-state index >= 15 is 0 Å². The largest absolute Gasteiger partial charge is 0.357 e. The number of nitrogens with one attached hydrogen (secondary N) is 1. The number of hydrazine groups is 1. The minimum Gasteiger partial charge on any atom is -0.357 e. The molecule has 1 aromatic heterocycles. The van der Waals surface area contributed by atoms with Gasteiger partial charge in [-0.1, -0.05) is 23.2 Å². The van der Waals surface area contributed by atoms with Gasteiger partial charge in [-0.05, 0) is 20.2 Å². The van der Waals surface area contributed by atoms with Crippen molar-refractivity contribution in [1.82, 2.24) is 9.88 Å². The summed E-state index contributed by atoms with van der Waals surface area (Å²) in [6.45, 7) is 1.72. The summed E-state index contributed by atoms with van der Waals surface area (Å²) < 4.78 is 0. The van der Waals surface area contributed by atoms with Crippen molar-refractivity contribution >= 4 is 34.8 Å². The van der Waals surface area contributed by atoms with Gasteiger partial charge in [0.2, 0.25) is 0 Å². The monoisotopic (exact) mass is 277 g/mol. The van der Waals surface area contributed by atoms with Gasteiger partial charge >= 0.3 is 0 Å². The maximum atomic E-state index is 6.10. The predicted molar refractivity (Wildman–Crippen MR) is 73.9 cm³/mol. The molecule has 0 atom stereocenters. The molecule has 0 fully saturated rings. The Hall–Kier alpha value is -0.750. The molecular weight excluding hydrogens is 261 g/mol. The number of rotatable bonds is 5. The number of hydrogen-bond donors (Lipinski definition) is 2. The minimum atomic E-state index is 0.405. The highest BCUT2D eigenvalue weighted by Gasteiger charge is 2.12. The zero-order chi connectivity index (χ0) is 13.0. The standard InChI is InChI=1S/C10H17Cl2N5/c1-16(2)4-5-17(3)10-8(12)6-7(11)9(14-10)15-13/h6H,4-5,13H2,1-3H3,(H,14,15). The third-order valence-electron chi connectivity index (χ3n) is 2.29. The molecule has 0 amide bonds. The second-order valence-electron chi connectivity index (χ2n) is 3.99. The normalized spacial score (nSPS) is 10.8. The fraction of sp³-hybridized carbons (Fsp3) is 0.500. The SMILES string of the molecule is CN(C)CCN(C)c1nc(NN)c(Cl)cc1Cl. The van der Waals surface area contributed by atoms with Gasteiger partial charge < -0.3 is 15.2 Å². The van der Waals surface area contributed by atoms with E-state index in [0.717, 1.165) is 13.1 Å². The van der Waals surface area contributed by atoms with Crippen LogP contribution < -0.4 is 16.2 Å². The summed E-state index contributed by atoms with van der Waals surface area (Å²) in [6.07, 6.45) is 0. The molecule has 3 N–H and O–H groups in total. The van der Waals surface area contributed by atoms with Crippen molar-refractivity contribution in [3.8, 4) is 0 Å². The first-order valence-electron chi connectivity index (χ1n) is 5.14. The summed E-state index contributed by atoms with van der Waals surface area (Å²) in [5.74, 6) is 6.40. The van der Waals surface area contributed by atoms with Crippen molar-refractivity contribution in [2.24, 2.45) is 5.84 Å². The fourth-order valence-corrected chi connectivity index (χ4v) is 1.84. The Kier molecular flexibility index (Phi) is 5.27. The number of nitrogens with zero attached hydrogens (tertiary/aromatic N) is 3. The van der Waals surface area contributed by atoms with Gasteiger partial charge in [0, 0.05) is 20.1 Å². The first-order valence-corrected chi connectivity index (χ1v) is 5.89. The Balaban J connectivity index is 2.89. The molecule has 1 aromatic rings. The third-order valence-corrected chi connectivity index (χ3v) is 2.86. The molecule has 0 aliphatic carbocycles. The Morgan fingerprint density at radius 3 is 2.41 bits per heavy atom. The van der Waals surface area contributed by atoms with E-state index in [1.807, 2.05) is 26.0 Å². The van der Waals surface area contributed by atoms with E-state index in [1.165, 1.54) is 0 Å². The molecule has 5 nitrogen and oxygen atoms in total. The Morgan fingerprint density at radius 2 is 1.88 bits per heavy atom. The first kappa shape index (κ1) is 14.3. The summed E-state index contributed by atoms with van der Waals surface area (Å²) in [5, 5.41) is 0.914. The van der Waals surface area contributed by atoms with E-state index < -0.39 is 0 Å². The smallest absolute Gasteiger partial charge is 0.161 e. The minimum absolute atomic E-state index is 0.405. The molecule has 96 valence electrons. The van der Waals surface area contributed by atoms with Crippen LogP contribution in [0.25, 0.3) is 0 Å². The van der Waals surface area contributed by atoms with Crippen LogP contribution in [0.1, 0.15) is 0 Å². The molecule has 0 radical (unpaired) electrons. The molecule has 1 heterocycles. The van der Waals surface area contributed by atoms with Crippen molar-refractivity contribution < 1.29 is 0 Å². The van der Waals surface area contributed by atoms with Crippen LogP contribution >= 0.6 is 23.2 Å². The molecule has 0 aliphatic heterocycles. The van der Waals surface area contributed by atoms with E-state index in [9.17, 15) is 0 Å². The van der Waals surface area contributed by atoms with Crippen LogP contribution in [0.3, 0.4) is 0 Å². The number of nitrogens with two attached hydrogens (primary N) is 1. The van der Waals surface area contributed by atoms with E-state index in [2.05, 4.69) is 15.3 Å². The number of pyridine rings is 1. The van der Waals surface area contributed by atoms with E-state index in [1.54, 1.807) is 6.07 Å². The summed E-state index contributed by atoms with van der Waals surface area (Å²) in [6, 6.07) is 1.63. The zero-order valence-electron chi connectivity index (χ0n) is 10.2. The highest BCUT2D eigenvalue weighted by Crippen LogP contribution is 2.30. The average molecular weight is 278 g/mol. The molecule has 0 spiro atoms. The lowest BCUT2D eigenvalue weighted by atomic mass is 10.4. The first-order chi connectivity index (χ1) is 7.95. The molecule has 0 aliphatic rings. The number of halogens is 2. The fourth-order valence-electron chi connectivity index (χ4n) is 1.28. The lowest BCUT2D eigenvalue weighted by Crippen LogP contribution is -2.29.